The second-order valence-electron chi connectivity index (χ2n) is 4.64. The molecule has 0 aliphatic heterocycles. The number of anilines is 2. The van der Waals surface area contributed by atoms with Crippen LogP contribution in [0, 0.1) is 0 Å². The highest BCUT2D eigenvalue weighted by Gasteiger charge is 2.17. The van der Waals surface area contributed by atoms with Crippen molar-refractivity contribution >= 4 is 24.0 Å². The first kappa shape index (κ1) is 14.9. The van der Waals surface area contributed by atoms with E-state index in [0.29, 0.717) is 17.7 Å². The minimum absolute atomic E-state index is 0.459. The van der Waals surface area contributed by atoms with Crippen LogP contribution in [-0.2, 0) is 0 Å². The van der Waals surface area contributed by atoms with E-state index in [4.69, 9.17) is 0 Å². The summed E-state index contributed by atoms with van der Waals surface area (Å²) >= 11 is 4.07. The normalized spacial score (nSPS) is 13.8. The lowest BCUT2D eigenvalue weighted by Crippen LogP contribution is -2.18. The molecule has 0 amide bonds. The van der Waals surface area contributed by atoms with E-state index in [9.17, 15) is 10.2 Å². The highest BCUT2D eigenvalue weighted by molar-refractivity contribution is 7.80. The molecule has 0 aliphatic rings. The quantitative estimate of drug-likeness (QED) is 0.618. The number of thiol groups is 1. The van der Waals surface area contributed by atoms with E-state index in [0.717, 1.165) is 11.4 Å². The van der Waals surface area contributed by atoms with Crippen molar-refractivity contribution in [3.05, 3.63) is 60.2 Å². The Hall–Kier alpha value is -1.49. The van der Waals surface area contributed by atoms with Crippen LogP contribution in [0.25, 0.3) is 0 Å². The molecule has 20 heavy (non-hydrogen) atoms. The van der Waals surface area contributed by atoms with Gasteiger partial charge in [-0.05, 0) is 42.0 Å². The van der Waals surface area contributed by atoms with Crippen molar-refractivity contribution in [2.75, 3.05) is 11.1 Å². The highest BCUT2D eigenvalue weighted by Crippen LogP contribution is 2.24. The van der Waals surface area contributed by atoms with Crippen LogP contribution in [0.2, 0.25) is 0 Å². The second-order valence-corrected chi connectivity index (χ2v) is 5.09. The molecule has 0 fully saturated rings. The Morgan fingerprint density at radius 2 is 1.65 bits per heavy atom. The van der Waals surface area contributed by atoms with Gasteiger partial charge in [0.15, 0.2) is 0 Å². The summed E-state index contributed by atoms with van der Waals surface area (Å²) in [6.07, 6.45) is -1.22. The summed E-state index contributed by atoms with van der Waals surface area (Å²) in [6.45, 7) is 0. The Morgan fingerprint density at radius 3 is 2.35 bits per heavy atom. The van der Waals surface area contributed by atoms with Crippen LogP contribution in [0.1, 0.15) is 18.1 Å². The number of nitrogens with one attached hydrogen (secondary N) is 1. The topological polar surface area (TPSA) is 52.5 Å². The molecule has 106 valence electrons. The summed E-state index contributed by atoms with van der Waals surface area (Å²) < 4.78 is 0. The molecule has 0 saturated heterocycles. The van der Waals surface area contributed by atoms with Gasteiger partial charge in [-0.3, -0.25) is 0 Å². The molecule has 0 aliphatic carbocycles. The van der Waals surface area contributed by atoms with Gasteiger partial charge in [0, 0.05) is 11.4 Å². The maximum atomic E-state index is 10.1. The Kier molecular flexibility index (Phi) is 5.47. The van der Waals surface area contributed by atoms with Crippen molar-refractivity contribution in [3.8, 4) is 0 Å². The molecular weight excluding hydrogens is 270 g/mol. The fourth-order valence-corrected chi connectivity index (χ4v) is 2.27. The first-order chi connectivity index (χ1) is 9.70. The van der Waals surface area contributed by atoms with Crippen molar-refractivity contribution in [3.63, 3.8) is 0 Å². The molecule has 0 spiro atoms. The van der Waals surface area contributed by atoms with Crippen molar-refractivity contribution in [2.24, 2.45) is 0 Å². The SMILES string of the molecule is OC(CCS)C(O)c1cccc(Nc2ccccc2)c1. The Labute approximate surface area is 124 Å². The molecule has 2 rings (SSSR count). The van der Waals surface area contributed by atoms with Gasteiger partial charge in [-0.25, -0.2) is 0 Å². The Balaban J connectivity index is 2.11. The van der Waals surface area contributed by atoms with Crippen LogP contribution < -0.4 is 5.32 Å². The zero-order chi connectivity index (χ0) is 14.4. The zero-order valence-corrected chi connectivity index (χ0v) is 12.0. The summed E-state index contributed by atoms with van der Waals surface area (Å²) in [7, 11) is 0. The van der Waals surface area contributed by atoms with Gasteiger partial charge in [0.1, 0.15) is 6.10 Å². The predicted molar refractivity (Wildman–Crippen MR) is 85.6 cm³/mol. The van der Waals surface area contributed by atoms with Gasteiger partial charge >= 0.3 is 0 Å². The summed E-state index contributed by atoms with van der Waals surface area (Å²) in [6, 6.07) is 17.2. The molecule has 0 bridgehead atoms. The number of rotatable bonds is 6. The zero-order valence-electron chi connectivity index (χ0n) is 11.1. The molecule has 2 aromatic carbocycles. The standard InChI is InChI=1S/C16H19NO2S/c18-15(9-10-20)16(19)12-5-4-8-14(11-12)17-13-6-2-1-3-7-13/h1-8,11,15-20H,9-10H2. The third-order valence-electron chi connectivity index (χ3n) is 3.08. The number of aliphatic hydroxyl groups is 2. The molecular formula is C16H19NO2S. The van der Waals surface area contributed by atoms with Crippen molar-refractivity contribution in [2.45, 2.75) is 18.6 Å². The average molecular weight is 289 g/mol. The van der Waals surface area contributed by atoms with Gasteiger partial charge < -0.3 is 15.5 Å². The lowest BCUT2D eigenvalue weighted by Gasteiger charge is -2.18. The molecule has 0 radical (unpaired) electrons. The summed E-state index contributed by atoms with van der Waals surface area (Å²) in [5.41, 5.74) is 2.56. The van der Waals surface area contributed by atoms with Crippen molar-refractivity contribution in [1.82, 2.24) is 0 Å². The number of hydrogen-bond donors (Lipinski definition) is 4. The van der Waals surface area contributed by atoms with Crippen LogP contribution in [-0.4, -0.2) is 22.1 Å². The number of benzene rings is 2. The molecule has 0 aromatic heterocycles. The van der Waals surface area contributed by atoms with Gasteiger partial charge in [-0.2, -0.15) is 12.6 Å². The molecule has 0 heterocycles. The Bertz CT molecular complexity index is 533. The number of hydrogen-bond acceptors (Lipinski definition) is 4. The fourth-order valence-electron chi connectivity index (χ4n) is 2.00. The minimum atomic E-state index is -0.889. The molecule has 4 heteroatoms. The molecule has 2 unspecified atom stereocenters. The lowest BCUT2D eigenvalue weighted by atomic mass is 10.0. The third-order valence-corrected chi connectivity index (χ3v) is 3.34. The van der Waals surface area contributed by atoms with E-state index in [1.54, 1.807) is 0 Å². The van der Waals surface area contributed by atoms with E-state index >= 15 is 0 Å². The first-order valence-corrected chi connectivity index (χ1v) is 7.23. The molecule has 0 saturated carbocycles. The number of para-hydroxylation sites is 1. The summed E-state index contributed by atoms with van der Waals surface area (Å²) in [5.74, 6) is 0.542. The molecule has 2 atom stereocenters. The fraction of sp³-hybridized carbons (Fsp3) is 0.250. The van der Waals surface area contributed by atoms with Crippen LogP contribution in [0.3, 0.4) is 0 Å². The maximum absolute atomic E-state index is 10.1. The largest absolute Gasteiger partial charge is 0.390 e. The molecule has 2 aromatic rings. The summed E-state index contributed by atoms with van der Waals surface area (Å²) in [4.78, 5) is 0. The van der Waals surface area contributed by atoms with Gasteiger partial charge in [0.05, 0.1) is 6.10 Å². The van der Waals surface area contributed by atoms with Gasteiger partial charge in [0.2, 0.25) is 0 Å². The van der Waals surface area contributed by atoms with E-state index in [2.05, 4.69) is 17.9 Å². The third kappa shape index (κ3) is 4.00. The molecule has 3 nitrogen and oxygen atoms in total. The van der Waals surface area contributed by atoms with E-state index in [1.807, 2.05) is 54.6 Å². The van der Waals surface area contributed by atoms with Crippen LogP contribution >= 0.6 is 12.6 Å². The van der Waals surface area contributed by atoms with Gasteiger partial charge in [0.25, 0.3) is 0 Å². The molecule has 3 N–H and O–H groups in total. The van der Waals surface area contributed by atoms with Crippen molar-refractivity contribution in [1.29, 1.82) is 0 Å². The van der Waals surface area contributed by atoms with E-state index in [-0.39, 0.29) is 0 Å². The van der Waals surface area contributed by atoms with Crippen LogP contribution in [0.4, 0.5) is 11.4 Å². The first-order valence-electron chi connectivity index (χ1n) is 6.59. The predicted octanol–water partition coefficient (Wildman–Crippen LogP) is 3.14. The maximum Gasteiger partial charge on any atom is 0.105 e. The van der Waals surface area contributed by atoms with Gasteiger partial charge in [-0.15, -0.1) is 0 Å². The lowest BCUT2D eigenvalue weighted by molar-refractivity contribution is 0.0173. The average Bonchev–Trinajstić information content (AvgIpc) is 2.48. The van der Waals surface area contributed by atoms with Crippen LogP contribution in [0.15, 0.2) is 54.6 Å². The van der Waals surface area contributed by atoms with Crippen LogP contribution in [0.5, 0.6) is 0 Å². The monoisotopic (exact) mass is 289 g/mol. The smallest absolute Gasteiger partial charge is 0.105 e. The van der Waals surface area contributed by atoms with Crippen molar-refractivity contribution < 1.29 is 10.2 Å². The highest BCUT2D eigenvalue weighted by atomic mass is 32.1. The number of aliphatic hydroxyl groups excluding tert-OH is 2. The summed E-state index contributed by atoms with van der Waals surface area (Å²) in [5, 5.41) is 23.2. The van der Waals surface area contributed by atoms with E-state index in [1.165, 1.54) is 0 Å². The van der Waals surface area contributed by atoms with Gasteiger partial charge in [-0.1, -0.05) is 30.3 Å². The second kappa shape index (κ2) is 7.33. The Morgan fingerprint density at radius 1 is 0.950 bits per heavy atom. The minimum Gasteiger partial charge on any atom is -0.390 e. The van der Waals surface area contributed by atoms with E-state index < -0.39 is 12.2 Å².